The molecule has 0 saturated carbocycles. The molecule has 0 heterocycles. The lowest BCUT2D eigenvalue weighted by Gasteiger charge is -2.30. The summed E-state index contributed by atoms with van der Waals surface area (Å²) in [5.74, 6) is 3.17. The Morgan fingerprint density at radius 2 is 0.576 bits per heavy atom. The normalized spacial score (nSPS) is 10.9. The van der Waals surface area contributed by atoms with Gasteiger partial charge in [0.25, 0.3) is 0 Å². The highest BCUT2D eigenvalue weighted by molar-refractivity contribution is 5.91. The molecule has 0 N–H and O–H groups in total. The first-order chi connectivity index (χ1) is 32.6. The molecule has 4 heteroatoms. The van der Waals surface area contributed by atoms with E-state index in [1.807, 2.05) is 84.9 Å². The third-order valence-electron chi connectivity index (χ3n) is 11.8. The number of benzene rings is 10. The fourth-order valence-electron chi connectivity index (χ4n) is 8.62. The number of hydrogen-bond donors (Lipinski definition) is 0. The molecular formula is C62H48N2O2. The maximum atomic E-state index is 6.21. The summed E-state index contributed by atoms with van der Waals surface area (Å²) in [6.07, 6.45) is 0. The molecule has 10 aromatic rings. The molecule has 318 valence electrons. The second kappa shape index (κ2) is 19.0. The van der Waals surface area contributed by atoms with Crippen LogP contribution in [0.25, 0.3) is 33.4 Å². The fourth-order valence-corrected chi connectivity index (χ4v) is 8.62. The van der Waals surface area contributed by atoms with E-state index in [2.05, 4.69) is 194 Å². The van der Waals surface area contributed by atoms with Crippen LogP contribution in [0.2, 0.25) is 0 Å². The van der Waals surface area contributed by atoms with Gasteiger partial charge in [0.05, 0.1) is 11.4 Å². The first-order valence-electron chi connectivity index (χ1n) is 22.3. The van der Waals surface area contributed by atoms with E-state index in [4.69, 9.17) is 9.47 Å². The van der Waals surface area contributed by atoms with Crippen LogP contribution in [0.1, 0.15) is 11.1 Å². The van der Waals surface area contributed by atoms with Crippen molar-refractivity contribution in [3.63, 3.8) is 0 Å². The Hall–Kier alpha value is -8.60. The Bertz CT molecular complexity index is 2970. The average molecular weight is 853 g/mol. The highest BCUT2D eigenvalue weighted by atomic mass is 16.5. The van der Waals surface area contributed by atoms with Crippen LogP contribution in [0.15, 0.2) is 255 Å². The zero-order valence-corrected chi connectivity index (χ0v) is 37.0. The minimum Gasteiger partial charge on any atom is -0.457 e. The van der Waals surface area contributed by atoms with Gasteiger partial charge in [0.2, 0.25) is 0 Å². The van der Waals surface area contributed by atoms with Crippen LogP contribution in [0.4, 0.5) is 34.1 Å². The summed E-state index contributed by atoms with van der Waals surface area (Å²) >= 11 is 0. The van der Waals surface area contributed by atoms with Gasteiger partial charge in [-0.1, -0.05) is 146 Å². The van der Waals surface area contributed by atoms with E-state index in [9.17, 15) is 0 Å². The molecule has 66 heavy (non-hydrogen) atoms. The van der Waals surface area contributed by atoms with Gasteiger partial charge < -0.3 is 19.3 Å². The zero-order valence-electron chi connectivity index (χ0n) is 37.0. The fraction of sp³-hybridized carbons (Fsp3) is 0.0323. The highest BCUT2D eigenvalue weighted by Crippen LogP contribution is 2.46. The molecule has 0 radical (unpaired) electrons. The summed E-state index contributed by atoms with van der Waals surface area (Å²) in [4.78, 5) is 4.72. The molecule has 0 amide bonds. The van der Waals surface area contributed by atoms with Gasteiger partial charge in [-0.05, 0) is 156 Å². The van der Waals surface area contributed by atoms with Crippen molar-refractivity contribution >= 4 is 34.1 Å². The molecule has 10 aromatic carbocycles. The van der Waals surface area contributed by atoms with Crippen molar-refractivity contribution in [1.82, 2.24) is 0 Å². The molecule has 0 bridgehead atoms. The SMILES string of the molecule is Cc1cc(-c2ccc(N(c3ccc(Oc4ccccc4)cc3)c3ccccc3-c3ccccc3)c(C)c2)ccc1N(c1ccc(Oc2ccccc2)cc1)c1ccccc1-c1ccccc1. The lowest BCUT2D eigenvalue weighted by Crippen LogP contribution is -2.13. The van der Waals surface area contributed by atoms with Crippen LogP contribution in [0.3, 0.4) is 0 Å². The maximum absolute atomic E-state index is 6.21. The van der Waals surface area contributed by atoms with Crippen LogP contribution in [0, 0.1) is 13.8 Å². The predicted octanol–water partition coefficient (Wildman–Crippen LogP) is 17.8. The second-order valence-corrected chi connectivity index (χ2v) is 16.3. The Balaban J connectivity index is 1.02. The Morgan fingerprint density at radius 1 is 0.258 bits per heavy atom. The van der Waals surface area contributed by atoms with Gasteiger partial charge in [-0.3, -0.25) is 0 Å². The minimum atomic E-state index is 0.781. The van der Waals surface area contributed by atoms with Crippen molar-refractivity contribution in [2.24, 2.45) is 0 Å². The molecule has 0 aliphatic rings. The summed E-state index contributed by atoms with van der Waals surface area (Å²) in [5, 5.41) is 0. The van der Waals surface area contributed by atoms with Gasteiger partial charge in [-0.2, -0.15) is 0 Å². The molecule has 0 saturated heterocycles. The van der Waals surface area contributed by atoms with Gasteiger partial charge in [0.1, 0.15) is 23.0 Å². The smallest absolute Gasteiger partial charge is 0.127 e. The van der Waals surface area contributed by atoms with Gasteiger partial charge in [0.15, 0.2) is 0 Å². The van der Waals surface area contributed by atoms with Crippen molar-refractivity contribution in [3.8, 4) is 56.4 Å². The number of nitrogens with zero attached hydrogens (tertiary/aromatic N) is 2. The van der Waals surface area contributed by atoms with Crippen molar-refractivity contribution in [2.75, 3.05) is 9.80 Å². The van der Waals surface area contributed by atoms with Crippen LogP contribution in [-0.2, 0) is 0 Å². The number of ether oxygens (including phenoxy) is 2. The summed E-state index contributed by atoms with van der Waals surface area (Å²) in [6, 6.07) is 88.6. The summed E-state index contributed by atoms with van der Waals surface area (Å²) in [6.45, 7) is 4.41. The first-order valence-corrected chi connectivity index (χ1v) is 22.3. The van der Waals surface area contributed by atoms with Crippen molar-refractivity contribution in [2.45, 2.75) is 13.8 Å². The lowest BCUT2D eigenvalue weighted by molar-refractivity contribution is 0.482. The molecule has 0 aliphatic carbocycles. The van der Waals surface area contributed by atoms with Crippen LogP contribution >= 0.6 is 0 Å². The third kappa shape index (κ3) is 8.94. The third-order valence-corrected chi connectivity index (χ3v) is 11.8. The van der Waals surface area contributed by atoms with E-state index >= 15 is 0 Å². The molecule has 4 nitrogen and oxygen atoms in total. The molecule has 0 fully saturated rings. The van der Waals surface area contributed by atoms with Crippen molar-refractivity contribution < 1.29 is 9.47 Å². The molecule has 10 rings (SSSR count). The van der Waals surface area contributed by atoms with Crippen molar-refractivity contribution in [3.05, 3.63) is 266 Å². The summed E-state index contributed by atoms with van der Waals surface area (Å²) < 4.78 is 12.4. The van der Waals surface area contributed by atoms with E-state index in [0.717, 1.165) is 102 Å². The quantitative estimate of drug-likeness (QED) is 0.115. The van der Waals surface area contributed by atoms with Gasteiger partial charge in [-0.15, -0.1) is 0 Å². The molecule has 0 aromatic heterocycles. The van der Waals surface area contributed by atoms with Crippen molar-refractivity contribution in [1.29, 1.82) is 0 Å². The van der Waals surface area contributed by atoms with E-state index in [1.165, 1.54) is 0 Å². The van der Waals surface area contributed by atoms with Gasteiger partial charge in [0, 0.05) is 33.9 Å². The van der Waals surface area contributed by atoms with Gasteiger partial charge >= 0.3 is 0 Å². The zero-order chi connectivity index (χ0) is 44.7. The largest absolute Gasteiger partial charge is 0.457 e. The molecule has 0 atom stereocenters. The summed E-state index contributed by atoms with van der Waals surface area (Å²) in [7, 11) is 0. The second-order valence-electron chi connectivity index (χ2n) is 16.3. The highest BCUT2D eigenvalue weighted by Gasteiger charge is 2.22. The Morgan fingerprint density at radius 3 is 0.939 bits per heavy atom. The van der Waals surface area contributed by atoms with Crippen LogP contribution in [-0.4, -0.2) is 0 Å². The molecule has 0 spiro atoms. The monoisotopic (exact) mass is 852 g/mol. The van der Waals surface area contributed by atoms with E-state index in [-0.39, 0.29) is 0 Å². The van der Waals surface area contributed by atoms with E-state index < -0.39 is 0 Å². The number of aryl methyl sites for hydroxylation is 2. The lowest BCUT2D eigenvalue weighted by atomic mass is 9.97. The summed E-state index contributed by atoms with van der Waals surface area (Å²) in [5.41, 5.74) is 15.6. The number of rotatable bonds is 13. The minimum absolute atomic E-state index is 0.781. The Kier molecular flexibility index (Phi) is 11.9. The predicted molar refractivity (Wildman–Crippen MR) is 275 cm³/mol. The van der Waals surface area contributed by atoms with E-state index in [1.54, 1.807) is 0 Å². The van der Waals surface area contributed by atoms with Gasteiger partial charge in [-0.25, -0.2) is 0 Å². The number of hydrogen-bond acceptors (Lipinski definition) is 4. The maximum Gasteiger partial charge on any atom is 0.127 e. The number of anilines is 6. The topological polar surface area (TPSA) is 24.9 Å². The van der Waals surface area contributed by atoms with Crippen LogP contribution < -0.4 is 19.3 Å². The van der Waals surface area contributed by atoms with Crippen LogP contribution in [0.5, 0.6) is 23.0 Å². The average Bonchev–Trinajstić information content (AvgIpc) is 3.37. The molecule has 0 unspecified atom stereocenters. The number of para-hydroxylation sites is 4. The molecular weight excluding hydrogens is 805 g/mol. The first kappa shape index (κ1) is 41.4. The van der Waals surface area contributed by atoms with E-state index in [0.29, 0.717) is 0 Å². The standard InChI is InChI=1S/C62H48N2O2/c1-45-43-49(31-41-59(45)63(61-29-17-15-27-57(61)47-19-7-3-8-20-47)51-33-37-55(38-34-51)65-53-23-11-5-12-24-53)50-32-42-60(46(2)44-50)64(62-30-18-16-28-58(62)48-21-9-4-10-22-48)52-35-39-56(40-36-52)66-54-25-13-6-14-26-54/h3-44H,1-2H3. The Labute approximate surface area is 387 Å². The molecule has 0 aliphatic heterocycles.